The highest BCUT2D eigenvalue weighted by atomic mass is 16.4. The van der Waals surface area contributed by atoms with Gasteiger partial charge in [-0.25, -0.2) is 0 Å². The van der Waals surface area contributed by atoms with Gasteiger partial charge in [-0.15, -0.1) is 0 Å². The predicted octanol–water partition coefficient (Wildman–Crippen LogP) is 1.81. The second-order valence-corrected chi connectivity index (χ2v) is 5.32. The van der Waals surface area contributed by atoms with Gasteiger partial charge < -0.3 is 16.3 Å². The number of oxime groups is 1. The maximum atomic E-state index is 12.2. The normalized spacial score (nSPS) is 12.3. The zero-order valence-electron chi connectivity index (χ0n) is 11.8. The number of nitrogens with two attached hydrogens (primary N) is 1. The zero-order valence-corrected chi connectivity index (χ0v) is 11.8. The Balaban J connectivity index is 2.82. The van der Waals surface area contributed by atoms with Crippen LogP contribution in [0.15, 0.2) is 23.4 Å². The lowest BCUT2D eigenvalue weighted by Gasteiger charge is -2.23. The van der Waals surface area contributed by atoms with E-state index in [2.05, 4.69) is 10.5 Å². The molecule has 0 aliphatic carbocycles. The summed E-state index contributed by atoms with van der Waals surface area (Å²) in [7, 11) is 0. The Hall–Kier alpha value is -2.04. The molecule has 5 heteroatoms. The average molecular weight is 263 g/mol. The number of aryl methyl sites for hydroxylation is 2. The van der Waals surface area contributed by atoms with Crippen LogP contribution in [0.3, 0.4) is 0 Å². The summed E-state index contributed by atoms with van der Waals surface area (Å²) in [6, 6.07) is 5.72. The maximum absolute atomic E-state index is 12.2. The predicted molar refractivity (Wildman–Crippen MR) is 75.4 cm³/mol. The summed E-state index contributed by atoms with van der Waals surface area (Å²) >= 11 is 0. The number of carbonyl (C=O) groups is 1. The van der Waals surface area contributed by atoms with E-state index in [9.17, 15) is 4.79 Å². The van der Waals surface area contributed by atoms with Crippen LogP contribution in [0.25, 0.3) is 0 Å². The Bertz CT molecular complexity index is 487. The van der Waals surface area contributed by atoms with E-state index >= 15 is 0 Å². The number of nitrogens with zero attached hydrogens (tertiary/aromatic N) is 1. The summed E-state index contributed by atoms with van der Waals surface area (Å²) in [4.78, 5) is 12.2. The Morgan fingerprint density at radius 3 is 2.37 bits per heavy atom. The first-order chi connectivity index (χ1) is 8.79. The first-order valence-electron chi connectivity index (χ1n) is 6.12. The summed E-state index contributed by atoms with van der Waals surface area (Å²) in [5, 5.41) is 14.5. The van der Waals surface area contributed by atoms with Gasteiger partial charge in [0.05, 0.1) is 0 Å². The number of amidine groups is 1. The largest absolute Gasteiger partial charge is 0.409 e. The van der Waals surface area contributed by atoms with Gasteiger partial charge in [0.15, 0.2) is 0 Å². The molecule has 19 heavy (non-hydrogen) atoms. The first kappa shape index (κ1) is 15.0. The van der Waals surface area contributed by atoms with Crippen molar-refractivity contribution in [2.24, 2.45) is 16.3 Å². The summed E-state index contributed by atoms with van der Waals surface area (Å²) in [5.74, 6) is -0.0521. The third kappa shape index (κ3) is 3.47. The molecule has 0 aliphatic heterocycles. The van der Waals surface area contributed by atoms with Crippen LogP contribution in [0, 0.1) is 19.3 Å². The molecule has 0 saturated carbocycles. The van der Waals surface area contributed by atoms with Crippen molar-refractivity contribution in [3.05, 3.63) is 34.9 Å². The van der Waals surface area contributed by atoms with Crippen LogP contribution >= 0.6 is 0 Å². The SMILES string of the molecule is Cc1cccc(C)c1C(=O)NCC(C)(C)/C(N)=N/O. The zero-order chi connectivity index (χ0) is 14.6. The molecule has 0 spiro atoms. The summed E-state index contributed by atoms with van der Waals surface area (Å²) in [5.41, 5.74) is 7.53. The van der Waals surface area contributed by atoms with Gasteiger partial charge in [0.2, 0.25) is 0 Å². The molecule has 0 atom stereocenters. The molecule has 104 valence electrons. The number of carbonyl (C=O) groups excluding carboxylic acids is 1. The van der Waals surface area contributed by atoms with E-state index in [0.717, 1.165) is 11.1 Å². The van der Waals surface area contributed by atoms with Crippen molar-refractivity contribution in [1.29, 1.82) is 0 Å². The van der Waals surface area contributed by atoms with Crippen LogP contribution in [-0.2, 0) is 0 Å². The molecular weight excluding hydrogens is 242 g/mol. The van der Waals surface area contributed by atoms with E-state index in [4.69, 9.17) is 10.9 Å². The summed E-state index contributed by atoms with van der Waals surface area (Å²) < 4.78 is 0. The molecule has 0 unspecified atom stereocenters. The maximum Gasteiger partial charge on any atom is 0.251 e. The first-order valence-corrected chi connectivity index (χ1v) is 6.12. The monoisotopic (exact) mass is 263 g/mol. The van der Waals surface area contributed by atoms with E-state index in [1.54, 1.807) is 13.8 Å². The van der Waals surface area contributed by atoms with Crippen LogP contribution in [0.5, 0.6) is 0 Å². The number of rotatable bonds is 4. The van der Waals surface area contributed by atoms with Gasteiger partial charge in [-0.1, -0.05) is 37.2 Å². The molecule has 5 nitrogen and oxygen atoms in total. The lowest BCUT2D eigenvalue weighted by atomic mass is 9.91. The molecule has 0 radical (unpaired) electrons. The van der Waals surface area contributed by atoms with Gasteiger partial charge in [0, 0.05) is 17.5 Å². The number of nitrogens with one attached hydrogen (secondary N) is 1. The highest BCUT2D eigenvalue weighted by molar-refractivity contribution is 5.97. The van der Waals surface area contributed by atoms with Gasteiger partial charge in [-0.05, 0) is 25.0 Å². The second-order valence-electron chi connectivity index (χ2n) is 5.32. The van der Waals surface area contributed by atoms with Crippen LogP contribution in [-0.4, -0.2) is 23.5 Å². The molecule has 0 aliphatic rings. The number of benzene rings is 1. The minimum atomic E-state index is -0.596. The molecular formula is C14H21N3O2. The van der Waals surface area contributed by atoms with Crippen LogP contribution in [0.4, 0.5) is 0 Å². The van der Waals surface area contributed by atoms with Crippen molar-refractivity contribution < 1.29 is 10.0 Å². The Kier molecular flexibility index (Phi) is 4.53. The fraction of sp³-hybridized carbons (Fsp3) is 0.429. The van der Waals surface area contributed by atoms with Crippen molar-refractivity contribution in [1.82, 2.24) is 5.32 Å². The van der Waals surface area contributed by atoms with Crippen LogP contribution in [0.2, 0.25) is 0 Å². The fourth-order valence-corrected chi connectivity index (χ4v) is 1.79. The molecule has 0 saturated heterocycles. The molecule has 0 aromatic heterocycles. The van der Waals surface area contributed by atoms with E-state index in [1.165, 1.54) is 0 Å². The number of hydrogen-bond acceptors (Lipinski definition) is 3. The van der Waals surface area contributed by atoms with Gasteiger partial charge >= 0.3 is 0 Å². The second kappa shape index (κ2) is 5.73. The van der Waals surface area contributed by atoms with Crippen molar-refractivity contribution in [3.8, 4) is 0 Å². The van der Waals surface area contributed by atoms with Gasteiger partial charge in [-0.3, -0.25) is 4.79 Å². The van der Waals surface area contributed by atoms with Crippen LogP contribution < -0.4 is 11.1 Å². The van der Waals surface area contributed by atoms with E-state index in [1.807, 2.05) is 32.0 Å². The van der Waals surface area contributed by atoms with Crippen molar-refractivity contribution in [2.45, 2.75) is 27.7 Å². The van der Waals surface area contributed by atoms with Gasteiger partial charge in [0.25, 0.3) is 5.91 Å². The lowest BCUT2D eigenvalue weighted by molar-refractivity contribution is 0.0943. The topological polar surface area (TPSA) is 87.7 Å². The average Bonchev–Trinajstić information content (AvgIpc) is 2.35. The quantitative estimate of drug-likeness (QED) is 0.335. The molecule has 0 heterocycles. The molecule has 4 N–H and O–H groups in total. The van der Waals surface area contributed by atoms with Gasteiger partial charge in [-0.2, -0.15) is 0 Å². The highest BCUT2D eigenvalue weighted by Crippen LogP contribution is 2.16. The molecule has 1 aromatic carbocycles. The Morgan fingerprint density at radius 1 is 1.37 bits per heavy atom. The Labute approximate surface area is 113 Å². The third-order valence-corrected chi connectivity index (χ3v) is 3.20. The third-order valence-electron chi connectivity index (χ3n) is 3.20. The molecule has 0 fully saturated rings. The molecule has 0 bridgehead atoms. The van der Waals surface area contributed by atoms with E-state index in [0.29, 0.717) is 12.1 Å². The van der Waals surface area contributed by atoms with Crippen molar-refractivity contribution in [2.75, 3.05) is 6.54 Å². The van der Waals surface area contributed by atoms with Crippen molar-refractivity contribution in [3.63, 3.8) is 0 Å². The molecule has 1 amide bonds. The Morgan fingerprint density at radius 2 is 1.89 bits per heavy atom. The standard InChI is InChI=1S/C14H21N3O2/c1-9-6-5-7-10(2)11(9)12(18)16-8-14(3,4)13(15)17-19/h5-7,19H,8H2,1-4H3,(H2,15,17)(H,16,18). The van der Waals surface area contributed by atoms with Crippen LogP contribution in [0.1, 0.15) is 35.3 Å². The van der Waals surface area contributed by atoms with E-state index < -0.39 is 5.41 Å². The van der Waals surface area contributed by atoms with Gasteiger partial charge in [0.1, 0.15) is 5.84 Å². The molecule has 1 aromatic rings. The minimum Gasteiger partial charge on any atom is -0.409 e. The number of hydrogen-bond donors (Lipinski definition) is 3. The smallest absolute Gasteiger partial charge is 0.251 e. The highest BCUT2D eigenvalue weighted by Gasteiger charge is 2.25. The number of amides is 1. The molecule has 1 rings (SSSR count). The fourth-order valence-electron chi connectivity index (χ4n) is 1.79. The summed E-state index contributed by atoms with van der Waals surface area (Å²) in [6.45, 7) is 7.70. The minimum absolute atomic E-state index is 0.0919. The van der Waals surface area contributed by atoms with E-state index in [-0.39, 0.29) is 11.7 Å². The summed E-state index contributed by atoms with van der Waals surface area (Å²) in [6.07, 6.45) is 0. The lowest BCUT2D eigenvalue weighted by Crippen LogP contribution is -2.42. The van der Waals surface area contributed by atoms with Crippen molar-refractivity contribution >= 4 is 11.7 Å².